The number of anilines is 1. The lowest BCUT2D eigenvalue weighted by Gasteiger charge is -2.26. The Balaban J connectivity index is 1.85. The Hall–Kier alpha value is -1.39. The molecule has 1 saturated carbocycles. The lowest BCUT2D eigenvalue weighted by Crippen LogP contribution is -2.28. The summed E-state index contributed by atoms with van der Waals surface area (Å²) in [6, 6.07) is 7.96. The first-order valence-corrected chi connectivity index (χ1v) is 8.74. The molecular weight excluding hydrogens is 288 g/mol. The summed E-state index contributed by atoms with van der Waals surface area (Å²) in [6.07, 6.45) is 5.31. The van der Waals surface area contributed by atoms with Gasteiger partial charge in [0.25, 0.3) is 0 Å². The molecule has 0 spiro atoms. The van der Waals surface area contributed by atoms with Crippen LogP contribution in [0, 0.1) is 11.8 Å². The summed E-state index contributed by atoms with van der Waals surface area (Å²) in [4.78, 5) is 12.1. The maximum atomic E-state index is 12.1. The van der Waals surface area contributed by atoms with Gasteiger partial charge in [0, 0.05) is 18.2 Å². The molecule has 0 aromatic heterocycles. The van der Waals surface area contributed by atoms with Gasteiger partial charge in [-0.15, -0.1) is 0 Å². The summed E-state index contributed by atoms with van der Waals surface area (Å²) in [5, 5.41) is 6.00. The number of hydrogen-bond donors (Lipinski definition) is 2. The summed E-state index contributed by atoms with van der Waals surface area (Å²) in [5.74, 6) is 0.759. The fraction of sp³-hybridized carbons (Fsp3) is 0.632. The second-order valence-corrected chi connectivity index (χ2v) is 6.85. The van der Waals surface area contributed by atoms with E-state index >= 15 is 0 Å². The first kappa shape index (κ1) is 18.0. The lowest BCUT2D eigenvalue weighted by molar-refractivity contribution is -0.119. The van der Waals surface area contributed by atoms with Crippen molar-refractivity contribution < 1.29 is 9.53 Å². The molecule has 4 heteroatoms. The van der Waals surface area contributed by atoms with Crippen LogP contribution in [0.3, 0.4) is 0 Å². The molecule has 1 fully saturated rings. The minimum atomic E-state index is -0.0522. The van der Waals surface area contributed by atoms with E-state index in [-0.39, 0.29) is 11.8 Å². The van der Waals surface area contributed by atoms with Crippen LogP contribution in [0.25, 0.3) is 0 Å². The molecule has 3 unspecified atom stereocenters. The molecule has 0 aliphatic heterocycles. The molecule has 1 aromatic rings. The summed E-state index contributed by atoms with van der Waals surface area (Å²) in [6.45, 7) is 5.52. The van der Waals surface area contributed by atoms with Crippen LogP contribution in [0.1, 0.15) is 45.1 Å². The van der Waals surface area contributed by atoms with Crippen LogP contribution < -0.4 is 10.6 Å². The zero-order valence-electron chi connectivity index (χ0n) is 14.6. The van der Waals surface area contributed by atoms with E-state index in [1.807, 2.05) is 32.2 Å². The van der Waals surface area contributed by atoms with Crippen molar-refractivity contribution in [1.29, 1.82) is 0 Å². The summed E-state index contributed by atoms with van der Waals surface area (Å²) in [5.41, 5.74) is 1.96. The van der Waals surface area contributed by atoms with Crippen molar-refractivity contribution in [2.45, 2.75) is 52.2 Å². The third-order valence-electron chi connectivity index (χ3n) is 4.53. The van der Waals surface area contributed by atoms with Crippen LogP contribution in [0.2, 0.25) is 0 Å². The number of benzene rings is 1. The normalized spacial score (nSPS) is 22.6. The van der Waals surface area contributed by atoms with Gasteiger partial charge in [-0.05, 0) is 43.5 Å². The predicted molar refractivity (Wildman–Crippen MR) is 94.4 cm³/mol. The molecule has 0 saturated heterocycles. The van der Waals surface area contributed by atoms with E-state index < -0.39 is 0 Å². The van der Waals surface area contributed by atoms with Crippen LogP contribution >= 0.6 is 0 Å². The molecule has 3 atom stereocenters. The SMILES string of the molecule is CNCC(C)C(=O)Nc1cccc(COC2CCCC(C)C2)c1. The van der Waals surface area contributed by atoms with E-state index in [4.69, 9.17) is 4.74 Å². The van der Waals surface area contributed by atoms with Crippen molar-refractivity contribution in [3.8, 4) is 0 Å². The fourth-order valence-electron chi connectivity index (χ4n) is 3.15. The lowest BCUT2D eigenvalue weighted by atomic mass is 9.89. The molecule has 1 amide bonds. The van der Waals surface area contributed by atoms with Crippen LogP contribution in [-0.4, -0.2) is 25.6 Å². The second kappa shape index (κ2) is 9.04. The highest BCUT2D eigenvalue weighted by molar-refractivity contribution is 5.92. The van der Waals surface area contributed by atoms with Gasteiger partial charge in [-0.25, -0.2) is 0 Å². The van der Waals surface area contributed by atoms with Crippen molar-refractivity contribution in [2.24, 2.45) is 11.8 Å². The van der Waals surface area contributed by atoms with Gasteiger partial charge in [0.1, 0.15) is 0 Å². The Morgan fingerprint density at radius 2 is 2.22 bits per heavy atom. The van der Waals surface area contributed by atoms with Gasteiger partial charge < -0.3 is 15.4 Å². The molecule has 1 aliphatic carbocycles. The third-order valence-corrected chi connectivity index (χ3v) is 4.53. The van der Waals surface area contributed by atoms with Crippen molar-refractivity contribution in [3.63, 3.8) is 0 Å². The summed E-state index contributed by atoms with van der Waals surface area (Å²) < 4.78 is 6.06. The highest BCUT2D eigenvalue weighted by Crippen LogP contribution is 2.26. The maximum absolute atomic E-state index is 12.1. The Labute approximate surface area is 140 Å². The molecule has 4 nitrogen and oxygen atoms in total. The molecule has 1 aromatic carbocycles. The Bertz CT molecular complexity index is 504. The summed E-state index contributed by atoms with van der Waals surface area (Å²) >= 11 is 0. The Morgan fingerprint density at radius 1 is 1.39 bits per heavy atom. The van der Waals surface area contributed by atoms with Gasteiger partial charge in [0.15, 0.2) is 0 Å². The van der Waals surface area contributed by atoms with Crippen molar-refractivity contribution >= 4 is 11.6 Å². The molecule has 2 rings (SSSR count). The maximum Gasteiger partial charge on any atom is 0.228 e. The van der Waals surface area contributed by atoms with E-state index in [2.05, 4.69) is 23.6 Å². The molecule has 128 valence electrons. The Kier molecular flexibility index (Phi) is 7.06. The monoisotopic (exact) mass is 318 g/mol. The van der Waals surface area contributed by atoms with Crippen LogP contribution in [0.4, 0.5) is 5.69 Å². The van der Waals surface area contributed by atoms with E-state index in [0.717, 1.165) is 23.6 Å². The summed E-state index contributed by atoms with van der Waals surface area (Å²) in [7, 11) is 1.86. The van der Waals surface area contributed by atoms with Crippen LogP contribution in [0.5, 0.6) is 0 Å². The van der Waals surface area contributed by atoms with Crippen LogP contribution in [-0.2, 0) is 16.1 Å². The molecule has 0 heterocycles. The van der Waals surface area contributed by atoms with Crippen molar-refractivity contribution in [1.82, 2.24) is 5.32 Å². The number of carbonyl (C=O) groups excluding carboxylic acids is 1. The molecule has 1 aliphatic rings. The molecule has 0 bridgehead atoms. The quantitative estimate of drug-likeness (QED) is 0.808. The van der Waals surface area contributed by atoms with Gasteiger partial charge in [0.05, 0.1) is 12.7 Å². The van der Waals surface area contributed by atoms with Gasteiger partial charge in [-0.3, -0.25) is 4.79 Å². The molecule has 2 N–H and O–H groups in total. The minimum Gasteiger partial charge on any atom is -0.374 e. The van der Waals surface area contributed by atoms with E-state index in [9.17, 15) is 4.79 Å². The first-order valence-electron chi connectivity index (χ1n) is 8.74. The van der Waals surface area contributed by atoms with Gasteiger partial charge in [-0.1, -0.05) is 38.8 Å². The number of hydrogen-bond acceptors (Lipinski definition) is 3. The second-order valence-electron chi connectivity index (χ2n) is 6.85. The zero-order chi connectivity index (χ0) is 16.7. The minimum absolute atomic E-state index is 0.0403. The standard InChI is InChI=1S/C19H30N2O2/c1-14-6-4-9-18(10-14)23-13-16-7-5-8-17(11-16)21-19(22)15(2)12-20-3/h5,7-8,11,14-15,18,20H,4,6,9-10,12-13H2,1-3H3,(H,21,22). The van der Waals surface area contributed by atoms with Crippen molar-refractivity contribution in [3.05, 3.63) is 29.8 Å². The largest absolute Gasteiger partial charge is 0.374 e. The number of nitrogens with one attached hydrogen (secondary N) is 2. The van der Waals surface area contributed by atoms with Crippen LogP contribution in [0.15, 0.2) is 24.3 Å². The number of amides is 1. The fourth-order valence-corrected chi connectivity index (χ4v) is 3.15. The molecule has 23 heavy (non-hydrogen) atoms. The zero-order valence-corrected chi connectivity index (χ0v) is 14.6. The van der Waals surface area contributed by atoms with E-state index in [1.165, 1.54) is 19.3 Å². The third kappa shape index (κ3) is 5.96. The first-order chi connectivity index (χ1) is 11.1. The topological polar surface area (TPSA) is 50.4 Å². The van der Waals surface area contributed by atoms with Gasteiger partial charge >= 0.3 is 0 Å². The number of carbonyl (C=O) groups is 1. The molecular formula is C19H30N2O2. The molecule has 0 radical (unpaired) electrons. The van der Waals surface area contributed by atoms with Gasteiger partial charge in [0.2, 0.25) is 5.91 Å². The highest BCUT2D eigenvalue weighted by atomic mass is 16.5. The predicted octanol–water partition coefficient (Wildman–Crippen LogP) is 3.58. The van der Waals surface area contributed by atoms with E-state index in [1.54, 1.807) is 0 Å². The van der Waals surface area contributed by atoms with Crippen molar-refractivity contribution in [2.75, 3.05) is 18.9 Å². The smallest absolute Gasteiger partial charge is 0.228 e. The average molecular weight is 318 g/mol. The highest BCUT2D eigenvalue weighted by Gasteiger charge is 2.19. The number of ether oxygens (including phenoxy) is 1. The van der Waals surface area contributed by atoms with Gasteiger partial charge in [-0.2, -0.15) is 0 Å². The van der Waals surface area contributed by atoms with E-state index in [0.29, 0.717) is 19.3 Å². The number of rotatable bonds is 7. The average Bonchev–Trinajstić information content (AvgIpc) is 2.53. The Morgan fingerprint density at radius 3 is 2.96 bits per heavy atom.